The quantitative estimate of drug-likeness (QED) is 0.738. The predicted octanol–water partition coefficient (Wildman–Crippen LogP) is 1.85. The molecule has 0 N–H and O–H groups in total. The number of nitrogens with zero attached hydrogens (tertiary/aromatic N) is 2. The molecule has 0 bridgehead atoms. The normalized spacial score (nSPS) is 26.3. The maximum Gasteiger partial charge on any atom is 0.285 e. The number of amidine groups is 1. The summed E-state index contributed by atoms with van der Waals surface area (Å²) in [6, 6.07) is 6.90. The number of hydrogen-bond donors (Lipinski definition) is 0. The van der Waals surface area contributed by atoms with Crippen LogP contribution in [0.2, 0.25) is 0 Å². The van der Waals surface area contributed by atoms with Gasteiger partial charge in [0, 0.05) is 18.7 Å². The van der Waals surface area contributed by atoms with Gasteiger partial charge in [0.1, 0.15) is 4.90 Å². The van der Waals surface area contributed by atoms with Crippen molar-refractivity contribution >= 4 is 27.5 Å². The Labute approximate surface area is 129 Å². The zero-order chi connectivity index (χ0) is 15.3. The van der Waals surface area contributed by atoms with E-state index in [0.29, 0.717) is 30.4 Å². The van der Waals surface area contributed by atoms with Gasteiger partial charge in [0.15, 0.2) is 5.84 Å². The van der Waals surface area contributed by atoms with Crippen LogP contribution in [0, 0.1) is 0 Å². The first-order valence-corrected chi connectivity index (χ1v) is 8.73. The van der Waals surface area contributed by atoms with Gasteiger partial charge in [-0.1, -0.05) is 12.1 Å². The molecule has 114 valence electrons. The van der Waals surface area contributed by atoms with Crippen LogP contribution in [0.1, 0.15) is 19.4 Å². The minimum Gasteiger partial charge on any atom is -0.367 e. The van der Waals surface area contributed by atoms with Crippen molar-refractivity contribution in [3.8, 4) is 0 Å². The lowest BCUT2D eigenvalue weighted by Gasteiger charge is -2.43. The Hall–Kier alpha value is -1.11. The third-order valence-corrected chi connectivity index (χ3v) is 5.23. The molecule has 1 aromatic rings. The maximum atomic E-state index is 12.1. The van der Waals surface area contributed by atoms with Crippen LogP contribution in [0.4, 0.5) is 0 Å². The molecule has 0 amide bonds. The van der Waals surface area contributed by atoms with Gasteiger partial charge in [-0.3, -0.25) is 0 Å². The molecule has 2 heterocycles. The third-order valence-electron chi connectivity index (χ3n) is 3.57. The number of ether oxygens (including phenoxy) is 1. The van der Waals surface area contributed by atoms with Crippen LogP contribution in [0.15, 0.2) is 33.6 Å². The van der Waals surface area contributed by atoms with Gasteiger partial charge in [-0.25, -0.2) is 0 Å². The van der Waals surface area contributed by atoms with Crippen molar-refractivity contribution in [2.45, 2.75) is 30.4 Å². The number of morpholine rings is 1. The highest BCUT2D eigenvalue weighted by Crippen LogP contribution is 2.30. The zero-order valence-electron chi connectivity index (χ0n) is 11.9. The molecular weight excluding hydrogens is 312 g/mol. The molecule has 0 radical (unpaired) electrons. The fourth-order valence-electron chi connectivity index (χ4n) is 2.85. The second kappa shape index (κ2) is 4.97. The summed E-state index contributed by atoms with van der Waals surface area (Å²) in [5.41, 5.74) is 0.255. The van der Waals surface area contributed by atoms with Crippen molar-refractivity contribution in [1.29, 1.82) is 0 Å². The lowest BCUT2D eigenvalue weighted by Crippen LogP contribution is -2.55. The molecule has 1 aromatic carbocycles. The van der Waals surface area contributed by atoms with Crippen LogP contribution in [0.5, 0.6) is 0 Å². The molecule has 3 rings (SSSR count). The summed E-state index contributed by atoms with van der Waals surface area (Å²) < 4.78 is 34.1. The molecule has 1 fully saturated rings. The molecular formula is C14H17ClN2O3S. The van der Waals surface area contributed by atoms with E-state index in [2.05, 4.69) is 4.40 Å². The van der Waals surface area contributed by atoms with Crippen molar-refractivity contribution in [3.63, 3.8) is 0 Å². The predicted molar refractivity (Wildman–Crippen MR) is 81.4 cm³/mol. The number of alkyl halides is 1. The van der Waals surface area contributed by atoms with Gasteiger partial charge in [0.25, 0.3) is 10.0 Å². The lowest BCUT2D eigenvalue weighted by molar-refractivity contribution is -0.111. The summed E-state index contributed by atoms with van der Waals surface area (Å²) in [5, 5.41) is 0. The summed E-state index contributed by atoms with van der Waals surface area (Å²) in [4.78, 5) is 2.23. The van der Waals surface area contributed by atoms with E-state index >= 15 is 0 Å². The van der Waals surface area contributed by atoms with Crippen LogP contribution < -0.4 is 0 Å². The third kappa shape index (κ3) is 2.67. The number of hydrogen-bond acceptors (Lipinski definition) is 4. The van der Waals surface area contributed by atoms with Gasteiger partial charge in [-0.2, -0.15) is 8.42 Å². The fourth-order valence-corrected chi connectivity index (χ4v) is 4.24. The summed E-state index contributed by atoms with van der Waals surface area (Å²) in [5.74, 6) is 0.860. The van der Waals surface area contributed by atoms with E-state index in [0.717, 1.165) is 0 Å². The van der Waals surface area contributed by atoms with Crippen LogP contribution in [-0.4, -0.2) is 49.8 Å². The van der Waals surface area contributed by atoms with E-state index in [1.807, 2.05) is 24.8 Å². The van der Waals surface area contributed by atoms with Crippen molar-refractivity contribution in [2.24, 2.45) is 4.40 Å². The van der Waals surface area contributed by atoms with E-state index in [1.54, 1.807) is 18.2 Å². The Kier molecular flexibility index (Phi) is 3.50. The van der Waals surface area contributed by atoms with E-state index in [9.17, 15) is 8.42 Å². The highest BCUT2D eigenvalue weighted by atomic mass is 35.5. The Balaban J connectivity index is 2.01. The van der Waals surface area contributed by atoms with Crippen molar-refractivity contribution < 1.29 is 13.2 Å². The molecule has 0 saturated carbocycles. The van der Waals surface area contributed by atoms with E-state index in [4.69, 9.17) is 16.3 Å². The first kappa shape index (κ1) is 14.8. The zero-order valence-corrected chi connectivity index (χ0v) is 13.5. The van der Waals surface area contributed by atoms with Crippen molar-refractivity contribution in [1.82, 2.24) is 4.90 Å². The topological polar surface area (TPSA) is 59.0 Å². The van der Waals surface area contributed by atoms with Crippen LogP contribution in [0.25, 0.3) is 0 Å². The number of fused-ring (bicyclic) bond motifs is 1. The maximum absolute atomic E-state index is 12.1. The monoisotopic (exact) mass is 328 g/mol. The summed E-state index contributed by atoms with van der Waals surface area (Å²) >= 11 is 5.93. The number of halogens is 1. The molecule has 5 nitrogen and oxygen atoms in total. The highest BCUT2D eigenvalue weighted by Gasteiger charge is 2.39. The molecule has 21 heavy (non-hydrogen) atoms. The van der Waals surface area contributed by atoms with Gasteiger partial charge in [-0.15, -0.1) is 16.0 Å². The molecule has 0 spiro atoms. The molecule has 2 aliphatic heterocycles. The highest BCUT2D eigenvalue weighted by molar-refractivity contribution is 7.90. The molecule has 1 atom stereocenters. The minimum atomic E-state index is -3.59. The summed E-state index contributed by atoms with van der Waals surface area (Å²) in [6.07, 6.45) is -0.145. The van der Waals surface area contributed by atoms with Gasteiger partial charge >= 0.3 is 0 Å². The molecule has 2 aliphatic rings. The average Bonchev–Trinajstić information content (AvgIpc) is 2.70. The van der Waals surface area contributed by atoms with E-state index in [-0.39, 0.29) is 11.0 Å². The minimum absolute atomic E-state index is 0.145. The Morgan fingerprint density at radius 2 is 2.14 bits per heavy atom. The van der Waals surface area contributed by atoms with Crippen LogP contribution in [0.3, 0.4) is 0 Å². The van der Waals surface area contributed by atoms with Crippen molar-refractivity contribution in [3.05, 3.63) is 29.8 Å². The molecule has 0 aromatic heterocycles. The summed E-state index contributed by atoms with van der Waals surface area (Å²) in [7, 11) is -3.59. The largest absolute Gasteiger partial charge is 0.367 e. The Bertz CT molecular complexity index is 700. The first-order valence-electron chi connectivity index (χ1n) is 6.75. The smallest absolute Gasteiger partial charge is 0.285 e. The van der Waals surface area contributed by atoms with Crippen molar-refractivity contribution in [2.75, 3.05) is 19.0 Å². The average molecular weight is 329 g/mol. The second-order valence-corrected chi connectivity index (χ2v) is 7.80. The summed E-state index contributed by atoms with van der Waals surface area (Å²) in [6.45, 7) is 5.04. The number of sulfonamides is 1. The van der Waals surface area contributed by atoms with Crippen LogP contribution in [-0.2, 0) is 14.8 Å². The Morgan fingerprint density at radius 1 is 1.43 bits per heavy atom. The Morgan fingerprint density at radius 3 is 2.86 bits per heavy atom. The van der Waals surface area contributed by atoms with Crippen LogP contribution >= 0.6 is 11.6 Å². The lowest BCUT2D eigenvalue weighted by atomic mass is 10.0. The molecule has 1 unspecified atom stereocenters. The molecule has 1 saturated heterocycles. The second-order valence-electron chi connectivity index (χ2n) is 5.92. The van der Waals surface area contributed by atoms with Gasteiger partial charge in [0.2, 0.25) is 0 Å². The number of rotatable bonds is 1. The van der Waals surface area contributed by atoms with E-state index in [1.165, 1.54) is 0 Å². The van der Waals surface area contributed by atoms with Gasteiger partial charge in [-0.05, 0) is 26.0 Å². The standard InChI is InChI=1S/C14H17ClN2O3S/c1-14(2)9-17(8-10(7-15)20-14)13-11-5-3-4-6-12(11)21(18,19)16-13/h3-6,10H,7-9H2,1-2H3. The SMILES string of the molecule is CC1(C)CN(C2=NS(=O)(=O)c3ccccc32)CC(CCl)O1. The molecule has 0 aliphatic carbocycles. The van der Waals surface area contributed by atoms with Gasteiger partial charge in [0.05, 0.1) is 17.6 Å². The fraction of sp³-hybridized carbons (Fsp3) is 0.500. The van der Waals surface area contributed by atoms with E-state index < -0.39 is 15.6 Å². The molecule has 7 heteroatoms. The van der Waals surface area contributed by atoms with Gasteiger partial charge < -0.3 is 9.64 Å². The first-order chi connectivity index (χ1) is 9.82. The number of benzene rings is 1.